The van der Waals surface area contributed by atoms with Crippen LogP contribution in [0.25, 0.3) is 22.6 Å². The zero-order valence-corrected chi connectivity index (χ0v) is 16.4. The van der Waals surface area contributed by atoms with Crippen molar-refractivity contribution in [2.75, 3.05) is 32.1 Å². The first-order valence-electron chi connectivity index (χ1n) is 8.34. The summed E-state index contributed by atoms with van der Waals surface area (Å²) in [6.07, 6.45) is 0. The minimum Gasteiger partial charge on any atom is -0.452 e. The zero-order valence-electron chi connectivity index (χ0n) is 15.6. The molecule has 1 aromatic carbocycles. The van der Waals surface area contributed by atoms with Crippen LogP contribution >= 0.6 is 0 Å². The van der Waals surface area contributed by atoms with Crippen LogP contribution in [-0.4, -0.2) is 32.2 Å². The molecule has 27 heavy (non-hydrogen) atoms. The van der Waals surface area contributed by atoms with Gasteiger partial charge in [-0.2, -0.15) is 0 Å². The number of benzene rings is 2. The van der Waals surface area contributed by atoms with Gasteiger partial charge in [0.25, 0.3) is 0 Å². The Morgan fingerprint density at radius 1 is 1.00 bits per heavy atom. The second-order valence-electron chi connectivity index (χ2n) is 5.96. The molecule has 146 valence electrons. The van der Waals surface area contributed by atoms with Crippen molar-refractivity contribution in [3.63, 3.8) is 0 Å². The minimum absolute atomic E-state index is 0.815. The molecule has 0 N–H and O–H groups in total. The fraction of sp³-hybridized carbons (Fsp3) is 0.333. The molecule has 1 aliphatic carbocycles. The van der Waals surface area contributed by atoms with Crippen LogP contribution in [0.15, 0.2) is 40.8 Å². The lowest BCUT2D eigenvalue weighted by atomic mass is 10.2. The van der Waals surface area contributed by atoms with E-state index in [9.17, 15) is 0 Å². The summed E-state index contributed by atoms with van der Waals surface area (Å²) >= 11 is 0. The molecule has 2 aliphatic rings. The summed E-state index contributed by atoms with van der Waals surface area (Å²) in [5, 5.41) is 1.11. The fourth-order valence-corrected chi connectivity index (χ4v) is 2.67. The van der Waals surface area contributed by atoms with Crippen molar-refractivity contribution in [1.82, 2.24) is 9.56 Å². The third-order valence-electron chi connectivity index (χ3n) is 3.99. The highest BCUT2D eigenvalue weighted by atomic mass is 35.7. The minimum atomic E-state index is -4.94. The van der Waals surface area contributed by atoms with Crippen molar-refractivity contribution < 1.29 is 33.3 Å². The van der Waals surface area contributed by atoms with E-state index in [1.165, 1.54) is 5.69 Å². The van der Waals surface area contributed by atoms with Crippen molar-refractivity contribution in [2.24, 2.45) is 0 Å². The first kappa shape index (κ1) is 21.1. The van der Waals surface area contributed by atoms with E-state index in [-0.39, 0.29) is 0 Å². The van der Waals surface area contributed by atoms with Gasteiger partial charge in [-0.15, -0.1) is 10.2 Å². The molecule has 0 amide bonds. The number of aromatic nitrogens is 1. The van der Waals surface area contributed by atoms with Gasteiger partial charge in [0, 0.05) is 30.9 Å². The Labute approximate surface area is 159 Å². The standard InChI is InChI=1S/C18H22N3O.ClHO4/c1-5-21(6-2)14-8-10-16-18(12-14)22-17-11-13(20(3)4)7-9-15(17)19-16;2-1(3,4)5/h7-12H,5-6H2,1-4H3;(H,2,3,4,5)/q+1;/p-1. The van der Waals surface area contributed by atoms with Crippen LogP contribution in [0.2, 0.25) is 0 Å². The molecule has 3 rings (SSSR count). The van der Waals surface area contributed by atoms with Crippen molar-refractivity contribution in [2.45, 2.75) is 13.8 Å². The highest BCUT2D eigenvalue weighted by Gasteiger charge is 2.12. The Balaban J connectivity index is 0.000000465. The third-order valence-corrected chi connectivity index (χ3v) is 3.99. The number of rotatable bonds is 3. The molecule has 0 unspecified atom stereocenters. The van der Waals surface area contributed by atoms with Gasteiger partial charge in [0.2, 0.25) is 5.36 Å². The van der Waals surface area contributed by atoms with Crippen LogP contribution in [0.4, 0.5) is 5.69 Å². The second-order valence-corrected chi connectivity index (χ2v) is 6.72. The lowest BCUT2D eigenvalue weighted by Gasteiger charge is -2.21. The highest BCUT2D eigenvalue weighted by molar-refractivity contribution is 5.80. The van der Waals surface area contributed by atoms with Gasteiger partial charge >= 0.3 is 0 Å². The maximum atomic E-state index is 8.49. The van der Waals surface area contributed by atoms with E-state index < -0.39 is 10.2 Å². The summed E-state index contributed by atoms with van der Waals surface area (Å²) < 4.78 is 42.1. The normalized spacial score (nSPS) is 11.3. The monoisotopic (exact) mass is 395 g/mol. The van der Waals surface area contributed by atoms with E-state index in [4.69, 9.17) is 28.0 Å². The quantitative estimate of drug-likeness (QED) is 0.373. The number of anilines is 1. The van der Waals surface area contributed by atoms with Crippen LogP contribution in [0.3, 0.4) is 0 Å². The first-order chi connectivity index (χ1) is 12.6. The summed E-state index contributed by atoms with van der Waals surface area (Å²) in [5.41, 5.74) is 3.77. The topological polar surface area (TPSA) is 125 Å². The Morgan fingerprint density at radius 3 is 2.19 bits per heavy atom. The van der Waals surface area contributed by atoms with E-state index in [1.54, 1.807) is 0 Å². The SMILES string of the molecule is CCN(CC)c1ccc2nc3ccc(=[N+](C)C)cc-3oc2c1.[O-][Cl+3]([O-])([O-])[O-]. The Morgan fingerprint density at radius 2 is 1.63 bits per heavy atom. The lowest BCUT2D eigenvalue weighted by molar-refractivity contribution is -2.00. The van der Waals surface area contributed by atoms with Gasteiger partial charge in [-0.25, -0.2) is 28.2 Å². The summed E-state index contributed by atoms with van der Waals surface area (Å²) in [5.74, 6) is 0.815. The Kier molecular flexibility index (Phi) is 6.74. The molecule has 0 fully saturated rings. The Bertz CT molecular complexity index is 938. The van der Waals surface area contributed by atoms with Gasteiger partial charge in [0.15, 0.2) is 11.3 Å². The van der Waals surface area contributed by atoms with E-state index in [1.807, 2.05) is 32.3 Å². The van der Waals surface area contributed by atoms with Crippen LogP contribution in [0, 0.1) is 10.2 Å². The molecule has 0 spiro atoms. The first-order valence-corrected chi connectivity index (χ1v) is 9.57. The van der Waals surface area contributed by atoms with Gasteiger partial charge in [0.05, 0.1) is 6.07 Å². The molecule has 0 bridgehead atoms. The lowest BCUT2D eigenvalue weighted by Crippen LogP contribution is -2.68. The molecule has 8 nitrogen and oxygen atoms in total. The summed E-state index contributed by atoms with van der Waals surface area (Å²) in [7, 11) is -0.901. The number of fused-ring (bicyclic) bond motifs is 2. The molecule has 0 aromatic heterocycles. The van der Waals surface area contributed by atoms with Crippen molar-refractivity contribution in [1.29, 1.82) is 0 Å². The third kappa shape index (κ3) is 5.88. The summed E-state index contributed by atoms with van der Waals surface area (Å²) in [6, 6.07) is 12.3. The van der Waals surface area contributed by atoms with Gasteiger partial charge in [-0.05, 0) is 32.0 Å². The average molecular weight is 396 g/mol. The summed E-state index contributed by atoms with van der Waals surface area (Å²) in [4.78, 5) is 7.00. The van der Waals surface area contributed by atoms with Crippen LogP contribution in [0.1, 0.15) is 13.8 Å². The molecule has 0 saturated carbocycles. The van der Waals surface area contributed by atoms with Gasteiger partial charge in [-0.3, -0.25) is 0 Å². The van der Waals surface area contributed by atoms with Gasteiger partial charge < -0.3 is 9.32 Å². The smallest absolute Gasteiger partial charge is 0.203 e. The molecule has 0 saturated heterocycles. The predicted molar refractivity (Wildman–Crippen MR) is 91.3 cm³/mol. The fourth-order valence-electron chi connectivity index (χ4n) is 2.67. The van der Waals surface area contributed by atoms with Crippen LogP contribution in [-0.2, 0) is 0 Å². The molecule has 9 heteroatoms. The van der Waals surface area contributed by atoms with E-state index in [2.05, 4.69) is 41.5 Å². The summed E-state index contributed by atoms with van der Waals surface area (Å²) in [6.45, 7) is 6.28. The largest absolute Gasteiger partial charge is 0.452 e. The van der Waals surface area contributed by atoms with E-state index >= 15 is 0 Å². The molecular weight excluding hydrogens is 374 g/mol. The maximum absolute atomic E-state index is 8.49. The van der Waals surface area contributed by atoms with Crippen LogP contribution < -0.4 is 33.5 Å². The van der Waals surface area contributed by atoms with E-state index in [0.717, 1.165) is 41.0 Å². The number of hydrogen-bond donors (Lipinski definition) is 0. The maximum Gasteiger partial charge on any atom is 0.203 e. The van der Waals surface area contributed by atoms with Gasteiger partial charge in [-0.1, -0.05) is 0 Å². The van der Waals surface area contributed by atoms with Crippen molar-refractivity contribution in [3.8, 4) is 11.5 Å². The average Bonchev–Trinajstić information content (AvgIpc) is 2.59. The highest BCUT2D eigenvalue weighted by Crippen LogP contribution is 2.26. The van der Waals surface area contributed by atoms with Crippen molar-refractivity contribution in [3.05, 3.63) is 41.8 Å². The molecule has 1 aliphatic heterocycles. The number of hydrogen-bond acceptors (Lipinski definition) is 7. The van der Waals surface area contributed by atoms with Gasteiger partial charge in [0.1, 0.15) is 25.3 Å². The molecule has 1 heterocycles. The molecule has 1 aromatic rings. The molecule has 0 atom stereocenters. The van der Waals surface area contributed by atoms with E-state index in [0.29, 0.717) is 0 Å². The van der Waals surface area contributed by atoms with Crippen molar-refractivity contribution >= 4 is 16.8 Å². The van der Waals surface area contributed by atoms with Crippen LogP contribution in [0.5, 0.6) is 0 Å². The second kappa shape index (κ2) is 8.64. The number of nitrogens with zero attached hydrogens (tertiary/aromatic N) is 3. The Hall–Kier alpha value is -2.23. The molecular formula is C18H22ClN3O5. The molecule has 0 radical (unpaired) electrons. The number of halogens is 1. The zero-order chi connectivity index (χ0) is 20.2. The predicted octanol–water partition coefficient (Wildman–Crippen LogP) is -1.95.